The van der Waals surface area contributed by atoms with Gasteiger partial charge in [0.05, 0.1) is 12.2 Å². The molecule has 2 amide bonds. The van der Waals surface area contributed by atoms with Crippen molar-refractivity contribution in [2.24, 2.45) is 0 Å². The van der Waals surface area contributed by atoms with Gasteiger partial charge in [-0.3, -0.25) is 14.5 Å². The highest BCUT2D eigenvalue weighted by atomic mass is 79.9. The fourth-order valence-electron chi connectivity index (χ4n) is 3.25. The molecular formula is C21H24BrN3O2. The van der Waals surface area contributed by atoms with Gasteiger partial charge in [0.2, 0.25) is 5.91 Å². The van der Waals surface area contributed by atoms with Crippen molar-refractivity contribution in [2.45, 2.75) is 13.3 Å². The van der Waals surface area contributed by atoms with Gasteiger partial charge in [0.25, 0.3) is 5.91 Å². The molecular weight excluding hydrogens is 406 g/mol. The Hall–Kier alpha value is -2.18. The van der Waals surface area contributed by atoms with E-state index in [1.807, 2.05) is 60.4 Å². The van der Waals surface area contributed by atoms with Crippen LogP contribution in [0.5, 0.6) is 0 Å². The number of carbonyl (C=O) groups is 2. The standard InChI is InChI=1S/C21H24BrN3O2/c1-16-6-4-7-17(14-16)21(27)25-11-5-10-24(12-13-25)15-20(26)23-19-9-3-2-8-18(19)22/h2-4,6-9,14H,5,10-13,15H2,1H3,(H,23,26). The third-order valence-electron chi connectivity index (χ3n) is 4.66. The Bertz CT molecular complexity index is 825. The molecule has 5 nitrogen and oxygen atoms in total. The Kier molecular flexibility index (Phi) is 6.63. The summed E-state index contributed by atoms with van der Waals surface area (Å²) in [5, 5.41) is 2.94. The summed E-state index contributed by atoms with van der Waals surface area (Å²) >= 11 is 3.44. The summed E-state index contributed by atoms with van der Waals surface area (Å²) in [7, 11) is 0. The normalized spacial score (nSPS) is 15.3. The van der Waals surface area contributed by atoms with Gasteiger partial charge in [-0.2, -0.15) is 0 Å². The average molecular weight is 430 g/mol. The zero-order valence-corrected chi connectivity index (χ0v) is 17.0. The number of nitrogens with one attached hydrogen (secondary N) is 1. The van der Waals surface area contributed by atoms with E-state index in [-0.39, 0.29) is 11.8 Å². The number of rotatable bonds is 4. The molecule has 1 N–H and O–H groups in total. The highest BCUT2D eigenvalue weighted by Gasteiger charge is 2.21. The minimum Gasteiger partial charge on any atom is -0.337 e. The summed E-state index contributed by atoms with van der Waals surface area (Å²) in [6.45, 7) is 5.17. The van der Waals surface area contributed by atoms with E-state index in [0.29, 0.717) is 19.6 Å². The second-order valence-corrected chi connectivity index (χ2v) is 7.67. The van der Waals surface area contributed by atoms with Gasteiger partial charge in [0.1, 0.15) is 0 Å². The number of carbonyl (C=O) groups excluding carboxylic acids is 2. The van der Waals surface area contributed by atoms with Crippen molar-refractivity contribution < 1.29 is 9.59 Å². The number of benzene rings is 2. The van der Waals surface area contributed by atoms with E-state index in [0.717, 1.165) is 40.8 Å². The molecule has 6 heteroatoms. The maximum atomic E-state index is 12.7. The molecule has 2 aromatic carbocycles. The topological polar surface area (TPSA) is 52.7 Å². The van der Waals surface area contributed by atoms with Crippen molar-refractivity contribution in [1.82, 2.24) is 9.80 Å². The van der Waals surface area contributed by atoms with Crippen LogP contribution in [0.15, 0.2) is 53.0 Å². The molecule has 3 rings (SSSR count). The van der Waals surface area contributed by atoms with E-state index in [2.05, 4.69) is 26.1 Å². The summed E-state index contributed by atoms with van der Waals surface area (Å²) < 4.78 is 0.865. The van der Waals surface area contributed by atoms with Gasteiger partial charge in [-0.1, -0.05) is 29.8 Å². The molecule has 0 unspecified atom stereocenters. The second kappa shape index (κ2) is 9.15. The van der Waals surface area contributed by atoms with Gasteiger partial charge >= 0.3 is 0 Å². The van der Waals surface area contributed by atoms with Crippen molar-refractivity contribution >= 4 is 33.4 Å². The van der Waals surface area contributed by atoms with Crippen molar-refractivity contribution in [3.8, 4) is 0 Å². The smallest absolute Gasteiger partial charge is 0.253 e. The fraction of sp³-hybridized carbons (Fsp3) is 0.333. The molecule has 0 aromatic heterocycles. The summed E-state index contributed by atoms with van der Waals surface area (Å²) in [6, 6.07) is 15.3. The fourth-order valence-corrected chi connectivity index (χ4v) is 3.63. The van der Waals surface area contributed by atoms with Gasteiger partial charge in [-0.25, -0.2) is 0 Å². The third-order valence-corrected chi connectivity index (χ3v) is 5.35. The quantitative estimate of drug-likeness (QED) is 0.808. The Balaban J connectivity index is 1.54. The lowest BCUT2D eigenvalue weighted by Crippen LogP contribution is -2.38. The van der Waals surface area contributed by atoms with Crippen LogP contribution in [0.1, 0.15) is 22.3 Å². The summed E-state index contributed by atoms with van der Waals surface area (Å²) in [5.74, 6) is 0.0265. The number of aryl methyl sites for hydroxylation is 1. The number of halogens is 1. The molecule has 1 saturated heterocycles. The minimum absolute atomic E-state index is 0.0413. The number of anilines is 1. The van der Waals surface area contributed by atoms with Crippen LogP contribution in [0.4, 0.5) is 5.69 Å². The van der Waals surface area contributed by atoms with E-state index in [1.165, 1.54) is 0 Å². The van der Waals surface area contributed by atoms with Crippen LogP contribution < -0.4 is 5.32 Å². The molecule has 0 aliphatic carbocycles. The van der Waals surface area contributed by atoms with Crippen LogP contribution >= 0.6 is 15.9 Å². The molecule has 27 heavy (non-hydrogen) atoms. The Morgan fingerprint density at radius 1 is 1.04 bits per heavy atom. The lowest BCUT2D eigenvalue weighted by atomic mass is 10.1. The maximum Gasteiger partial charge on any atom is 0.253 e. The molecule has 0 spiro atoms. The molecule has 0 saturated carbocycles. The first-order valence-corrected chi connectivity index (χ1v) is 9.95. The Morgan fingerprint density at radius 3 is 2.63 bits per heavy atom. The Morgan fingerprint density at radius 2 is 1.85 bits per heavy atom. The number of amides is 2. The summed E-state index contributed by atoms with van der Waals surface area (Å²) in [4.78, 5) is 29.1. The summed E-state index contributed by atoms with van der Waals surface area (Å²) in [6.07, 6.45) is 0.861. The number of hydrogen-bond acceptors (Lipinski definition) is 3. The molecule has 0 radical (unpaired) electrons. The van der Waals surface area contributed by atoms with Crippen molar-refractivity contribution in [2.75, 3.05) is 38.0 Å². The van der Waals surface area contributed by atoms with E-state index in [1.54, 1.807) is 0 Å². The highest BCUT2D eigenvalue weighted by Crippen LogP contribution is 2.21. The highest BCUT2D eigenvalue weighted by molar-refractivity contribution is 9.10. The number of hydrogen-bond donors (Lipinski definition) is 1. The van der Waals surface area contributed by atoms with Gasteiger partial charge < -0.3 is 10.2 Å². The first kappa shape index (κ1) is 19.6. The first-order valence-electron chi connectivity index (χ1n) is 9.15. The van der Waals surface area contributed by atoms with Crippen molar-refractivity contribution in [1.29, 1.82) is 0 Å². The number of nitrogens with zero attached hydrogens (tertiary/aromatic N) is 2. The molecule has 1 aliphatic rings. The molecule has 1 aliphatic heterocycles. The van der Waals surface area contributed by atoms with Gasteiger partial charge in [-0.05, 0) is 53.5 Å². The first-order chi connectivity index (χ1) is 13.0. The van der Waals surface area contributed by atoms with Crippen LogP contribution in [-0.4, -0.2) is 54.3 Å². The lowest BCUT2D eigenvalue weighted by molar-refractivity contribution is -0.117. The lowest BCUT2D eigenvalue weighted by Gasteiger charge is -2.22. The zero-order valence-electron chi connectivity index (χ0n) is 15.5. The van der Waals surface area contributed by atoms with E-state index in [4.69, 9.17) is 0 Å². The minimum atomic E-state index is -0.0413. The predicted octanol–water partition coefficient (Wildman–Crippen LogP) is 3.54. The molecule has 0 bridgehead atoms. The SMILES string of the molecule is Cc1cccc(C(=O)N2CCCN(CC(=O)Nc3ccccc3Br)CC2)c1. The van der Waals surface area contributed by atoms with Gasteiger partial charge in [0, 0.05) is 36.2 Å². The molecule has 0 atom stereocenters. The zero-order chi connectivity index (χ0) is 19.2. The Labute approximate surface area is 168 Å². The molecule has 142 valence electrons. The third kappa shape index (κ3) is 5.40. The van der Waals surface area contributed by atoms with E-state index < -0.39 is 0 Å². The molecule has 2 aromatic rings. The van der Waals surface area contributed by atoms with E-state index in [9.17, 15) is 9.59 Å². The van der Waals surface area contributed by atoms with Gasteiger partial charge in [-0.15, -0.1) is 0 Å². The van der Waals surface area contributed by atoms with Crippen LogP contribution in [0, 0.1) is 6.92 Å². The van der Waals surface area contributed by atoms with E-state index >= 15 is 0 Å². The monoisotopic (exact) mass is 429 g/mol. The molecule has 1 fully saturated rings. The van der Waals surface area contributed by atoms with Crippen molar-refractivity contribution in [3.05, 3.63) is 64.1 Å². The maximum absolute atomic E-state index is 12.7. The average Bonchev–Trinajstić information content (AvgIpc) is 2.88. The predicted molar refractivity (Wildman–Crippen MR) is 111 cm³/mol. The van der Waals surface area contributed by atoms with Crippen LogP contribution in [0.3, 0.4) is 0 Å². The largest absolute Gasteiger partial charge is 0.337 e. The van der Waals surface area contributed by atoms with Gasteiger partial charge in [0.15, 0.2) is 0 Å². The van der Waals surface area contributed by atoms with Crippen LogP contribution in [0.2, 0.25) is 0 Å². The van der Waals surface area contributed by atoms with Crippen LogP contribution in [0.25, 0.3) is 0 Å². The number of para-hydroxylation sites is 1. The van der Waals surface area contributed by atoms with Crippen molar-refractivity contribution in [3.63, 3.8) is 0 Å². The van der Waals surface area contributed by atoms with Crippen LogP contribution in [-0.2, 0) is 4.79 Å². The molecule has 1 heterocycles. The summed E-state index contributed by atoms with van der Waals surface area (Å²) in [5.41, 5.74) is 2.59. The second-order valence-electron chi connectivity index (χ2n) is 6.82.